The van der Waals surface area contributed by atoms with Crippen molar-refractivity contribution >= 4 is 27.7 Å². The summed E-state index contributed by atoms with van der Waals surface area (Å²) in [6.45, 7) is 0. The summed E-state index contributed by atoms with van der Waals surface area (Å²) in [6.07, 6.45) is 1.63. The van der Waals surface area contributed by atoms with Gasteiger partial charge < -0.3 is 5.73 Å². The van der Waals surface area contributed by atoms with E-state index in [1.54, 1.807) is 23.0 Å². The second kappa shape index (κ2) is 4.87. The van der Waals surface area contributed by atoms with E-state index < -0.39 is 0 Å². The predicted molar refractivity (Wildman–Crippen MR) is 50.8 cm³/mol. The average molecular weight is 184 g/mol. The monoisotopic (exact) mass is 184 g/mol. The number of thiazole rings is 1. The van der Waals surface area contributed by atoms with Crippen molar-refractivity contribution in [3.05, 3.63) is 34.6 Å². The minimum atomic E-state index is 0.773. The largest absolute Gasteiger partial charge is 0.389 e. The Balaban J connectivity index is 0.000000112. The van der Waals surface area contributed by atoms with Gasteiger partial charge in [-0.15, -0.1) is 11.3 Å². The second-order valence-electron chi connectivity index (χ2n) is 1.70. The third kappa shape index (κ3) is 3.75. The Labute approximate surface area is 73.3 Å². The Hall–Kier alpha value is -0.870. The molecule has 0 fully saturated rings. The van der Waals surface area contributed by atoms with E-state index in [1.807, 2.05) is 22.9 Å². The van der Waals surface area contributed by atoms with Crippen LogP contribution < -0.4 is 5.73 Å². The molecular weight excluding hydrogens is 176 g/mol. The van der Waals surface area contributed by atoms with E-state index in [0.717, 1.165) is 5.00 Å². The molecule has 0 aliphatic rings. The molecule has 2 aromatic rings. The van der Waals surface area contributed by atoms with Crippen LogP contribution in [0.3, 0.4) is 0 Å². The SMILES string of the molecule is Nc1cncs1.c1ccsc1. The van der Waals surface area contributed by atoms with E-state index in [4.69, 9.17) is 5.73 Å². The molecule has 2 heterocycles. The van der Waals surface area contributed by atoms with Gasteiger partial charge in [-0.25, -0.2) is 0 Å². The first-order chi connectivity index (χ1) is 5.39. The molecule has 0 saturated heterocycles. The number of anilines is 1. The summed E-state index contributed by atoms with van der Waals surface area (Å²) in [5.74, 6) is 0. The first-order valence-electron chi connectivity index (χ1n) is 3.00. The van der Waals surface area contributed by atoms with Crippen LogP contribution in [0, 0.1) is 0 Å². The van der Waals surface area contributed by atoms with Gasteiger partial charge in [0.15, 0.2) is 0 Å². The van der Waals surface area contributed by atoms with Gasteiger partial charge in [0.25, 0.3) is 0 Å². The van der Waals surface area contributed by atoms with E-state index in [1.165, 1.54) is 11.3 Å². The lowest BCUT2D eigenvalue weighted by Gasteiger charge is -1.66. The van der Waals surface area contributed by atoms with Crippen molar-refractivity contribution in [3.63, 3.8) is 0 Å². The molecule has 0 aromatic carbocycles. The van der Waals surface area contributed by atoms with Crippen molar-refractivity contribution in [2.45, 2.75) is 0 Å². The molecule has 0 unspecified atom stereocenters. The van der Waals surface area contributed by atoms with Crippen molar-refractivity contribution in [1.82, 2.24) is 4.98 Å². The second-order valence-corrected chi connectivity index (χ2v) is 3.43. The minimum Gasteiger partial charge on any atom is -0.389 e. The van der Waals surface area contributed by atoms with E-state index in [2.05, 4.69) is 4.98 Å². The highest BCUT2D eigenvalue weighted by Crippen LogP contribution is 2.04. The molecular formula is C7H8N2S2. The molecule has 0 atom stereocenters. The van der Waals surface area contributed by atoms with Gasteiger partial charge in [0, 0.05) is 0 Å². The Kier molecular flexibility index (Phi) is 3.64. The topological polar surface area (TPSA) is 38.9 Å². The van der Waals surface area contributed by atoms with Crippen LogP contribution in [-0.2, 0) is 0 Å². The molecule has 58 valence electrons. The molecule has 0 saturated carbocycles. The molecule has 0 amide bonds. The van der Waals surface area contributed by atoms with Gasteiger partial charge in [-0.1, -0.05) is 12.1 Å². The van der Waals surface area contributed by atoms with Crippen LogP contribution in [0.4, 0.5) is 5.00 Å². The first-order valence-corrected chi connectivity index (χ1v) is 4.83. The molecule has 2 rings (SSSR count). The summed E-state index contributed by atoms with van der Waals surface area (Å²) in [7, 11) is 0. The van der Waals surface area contributed by atoms with Crippen LogP contribution in [0.15, 0.2) is 34.6 Å². The molecule has 0 spiro atoms. The smallest absolute Gasteiger partial charge is 0.106 e. The lowest BCUT2D eigenvalue weighted by Crippen LogP contribution is -1.73. The van der Waals surface area contributed by atoms with Crippen molar-refractivity contribution in [2.75, 3.05) is 5.73 Å². The van der Waals surface area contributed by atoms with Crippen LogP contribution in [0.2, 0.25) is 0 Å². The number of nitrogens with two attached hydrogens (primary N) is 1. The normalized spacial score (nSPS) is 8.36. The maximum absolute atomic E-state index is 5.23. The molecule has 0 radical (unpaired) electrons. The van der Waals surface area contributed by atoms with Crippen molar-refractivity contribution in [1.29, 1.82) is 0 Å². The Morgan fingerprint density at radius 2 is 2.00 bits per heavy atom. The molecule has 2 aromatic heterocycles. The van der Waals surface area contributed by atoms with Crippen LogP contribution in [-0.4, -0.2) is 4.98 Å². The van der Waals surface area contributed by atoms with Crippen LogP contribution in [0.5, 0.6) is 0 Å². The zero-order valence-electron chi connectivity index (χ0n) is 5.81. The predicted octanol–water partition coefficient (Wildman–Crippen LogP) is 2.47. The summed E-state index contributed by atoms with van der Waals surface area (Å²) in [5, 5.41) is 4.86. The van der Waals surface area contributed by atoms with Gasteiger partial charge in [-0.2, -0.15) is 11.3 Å². The van der Waals surface area contributed by atoms with E-state index in [9.17, 15) is 0 Å². The molecule has 2 N–H and O–H groups in total. The van der Waals surface area contributed by atoms with E-state index in [-0.39, 0.29) is 0 Å². The number of aromatic nitrogens is 1. The van der Waals surface area contributed by atoms with Gasteiger partial charge in [0.2, 0.25) is 0 Å². The third-order valence-electron chi connectivity index (χ3n) is 0.877. The Morgan fingerprint density at radius 1 is 1.27 bits per heavy atom. The molecule has 0 aliphatic heterocycles. The van der Waals surface area contributed by atoms with Gasteiger partial charge in [-0.05, 0) is 10.8 Å². The van der Waals surface area contributed by atoms with Crippen LogP contribution in [0.1, 0.15) is 0 Å². The standard InChI is InChI=1S/C4H4S.C3H4N2S/c1-2-4-5-3-1;4-3-1-5-2-6-3/h1-4H;1-2H,4H2. The molecule has 11 heavy (non-hydrogen) atoms. The number of hydrogen-bond acceptors (Lipinski definition) is 4. The summed E-state index contributed by atoms with van der Waals surface area (Å²) in [6, 6.07) is 4.04. The first kappa shape index (κ1) is 8.23. The number of nitrogens with zero attached hydrogens (tertiary/aromatic N) is 1. The van der Waals surface area contributed by atoms with Crippen LogP contribution in [0.25, 0.3) is 0 Å². The van der Waals surface area contributed by atoms with Crippen molar-refractivity contribution < 1.29 is 0 Å². The molecule has 0 aliphatic carbocycles. The Morgan fingerprint density at radius 3 is 2.18 bits per heavy atom. The highest BCUT2D eigenvalue weighted by molar-refractivity contribution is 7.13. The number of rotatable bonds is 0. The van der Waals surface area contributed by atoms with E-state index >= 15 is 0 Å². The number of hydrogen-bond donors (Lipinski definition) is 1. The third-order valence-corrected chi connectivity index (χ3v) is 2.11. The fourth-order valence-corrected chi connectivity index (χ4v) is 1.27. The molecule has 2 nitrogen and oxygen atoms in total. The minimum absolute atomic E-state index is 0.773. The van der Waals surface area contributed by atoms with Crippen molar-refractivity contribution in [2.24, 2.45) is 0 Å². The van der Waals surface area contributed by atoms with Crippen molar-refractivity contribution in [3.8, 4) is 0 Å². The summed E-state index contributed by atoms with van der Waals surface area (Å²) < 4.78 is 0. The molecule has 0 bridgehead atoms. The van der Waals surface area contributed by atoms with Gasteiger partial charge in [-0.3, -0.25) is 4.98 Å². The summed E-state index contributed by atoms with van der Waals surface area (Å²) >= 11 is 3.16. The highest BCUT2D eigenvalue weighted by atomic mass is 32.1. The zero-order chi connectivity index (χ0) is 7.94. The number of thiophene rings is 1. The maximum Gasteiger partial charge on any atom is 0.106 e. The van der Waals surface area contributed by atoms with Gasteiger partial charge >= 0.3 is 0 Å². The Bertz CT molecular complexity index is 233. The summed E-state index contributed by atoms with van der Waals surface area (Å²) in [4.78, 5) is 3.72. The van der Waals surface area contributed by atoms with E-state index in [0.29, 0.717) is 0 Å². The molecule has 4 heteroatoms. The summed E-state index contributed by atoms with van der Waals surface area (Å²) in [5.41, 5.74) is 6.94. The average Bonchev–Trinajstić information content (AvgIpc) is 2.57. The fraction of sp³-hybridized carbons (Fsp3) is 0. The van der Waals surface area contributed by atoms with Gasteiger partial charge in [0.1, 0.15) is 5.00 Å². The fourth-order valence-electron chi connectivity index (χ4n) is 0.452. The van der Waals surface area contributed by atoms with Gasteiger partial charge in [0.05, 0.1) is 11.7 Å². The van der Waals surface area contributed by atoms with Crippen LogP contribution >= 0.6 is 22.7 Å². The highest BCUT2D eigenvalue weighted by Gasteiger charge is 1.76. The maximum atomic E-state index is 5.23. The lowest BCUT2D eigenvalue weighted by molar-refractivity contribution is 1.43. The lowest BCUT2D eigenvalue weighted by atomic mass is 10.7. The zero-order valence-corrected chi connectivity index (χ0v) is 7.44. The quantitative estimate of drug-likeness (QED) is 0.683. The number of nitrogen functional groups attached to an aromatic ring is 1.